The first-order valence-electron chi connectivity index (χ1n) is 6.78. The molecule has 1 aromatic carbocycles. The van der Waals surface area contributed by atoms with Gasteiger partial charge in [-0.15, -0.1) is 11.3 Å². The Morgan fingerprint density at radius 1 is 1.20 bits per heavy atom. The monoisotopic (exact) mass is 288 g/mol. The van der Waals surface area contributed by atoms with E-state index in [1.807, 2.05) is 31.2 Å². The molecule has 0 bridgehead atoms. The van der Waals surface area contributed by atoms with Crippen LogP contribution in [0, 0.1) is 13.8 Å². The van der Waals surface area contributed by atoms with E-state index in [0.29, 0.717) is 12.1 Å². The molecule has 2 aromatic rings. The lowest BCUT2D eigenvalue weighted by Crippen LogP contribution is -2.22. The third-order valence-electron chi connectivity index (χ3n) is 3.17. The standard InChI is InChI=1S/C16H20N2OS/c1-4-17-14-7-5-13(6-8-14)16(19)18-10-15-9-11(2)12(3)20-15/h5-9,17H,4,10H2,1-3H3,(H,18,19). The number of nitrogens with one attached hydrogen (secondary N) is 2. The molecule has 3 nitrogen and oxygen atoms in total. The summed E-state index contributed by atoms with van der Waals surface area (Å²) in [4.78, 5) is 14.6. The summed E-state index contributed by atoms with van der Waals surface area (Å²) >= 11 is 1.74. The largest absolute Gasteiger partial charge is 0.385 e. The molecular formula is C16H20N2OS. The second-order valence-corrected chi connectivity index (χ2v) is 6.08. The molecule has 1 amide bonds. The number of amides is 1. The highest BCUT2D eigenvalue weighted by Gasteiger charge is 2.07. The first-order valence-corrected chi connectivity index (χ1v) is 7.60. The van der Waals surface area contributed by atoms with Crippen molar-refractivity contribution in [1.82, 2.24) is 5.32 Å². The van der Waals surface area contributed by atoms with Crippen molar-refractivity contribution in [3.8, 4) is 0 Å². The summed E-state index contributed by atoms with van der Waals surface area (Å²) in [6.45, 7) is 7.71. The molecule has 4 heteroatoms. The van der Waals surface area contributed by atoms with Gasteiger partial charge in [-0.1, -0.05) is 0 Å². The maximum Gasteiger partial charge on any atom is 0.251 e. The lowest BCUT2D eigenvalue weighted by molar-refractivity contribution is 0.0951. The molecule has 0 saturated carbocycles. The van der Waals surface area contributed by atoms with Crippen LogP contribution in [-0.4, -0.2) is 12.5 Å². The van der Waals surface area contributed by atoms with Crippen molar-refractivity contribution in [3.63, 3.8) is 0 Å². The Morgan fingerprint density at radius 3 is 2.45 bits per heavy atom. The highest BCUT2D eigenvalue weighted by atomic mass is 32.1. The van der Waals surface area contributed by atoms with Crippen LogP contribution in [0.25, 0.3) is 0 Å². The summed E-state index contributed by atoms with van der Waals surface area (Å²) in [5.74, 6) is -0.0308. The number of thiophene rings is 1. The fourth-order valence-electron chi connectivity index (χ4n) is 1.95. The van der Waals surface area contributed by atoms with Crippen molar-refractivity contribution >= 4 is 22.9 Å². The summed E-state index contributed by atoms with van der Waals surface area (Å²) in [6.07, 6.45) is 0. The zero-order valence-electron chi connectivity index (χ0n) is 12.1. The maximum absolute atomic E-state index is 12.1. The second kappa shape index (κ2) is 6.57. The first-order chi connectivity index (χ1) is 9.60. The van der Waals surface area contributed by atoms with Crippen LogP contribution in [0.3, 0.4) is 0 Å². The molecule has 0 aliphatic rings. The van der Waals surface area contributed by atoms with Crippen LogP contribution in [0.4, 0.5) is 5.69 Å². The van der Waals surface area contributed by atoms with Crippen molar-refractivity contribution in [2.75, 3.05) is 11.9 Å². The van der Waals surface area contributed by atoms with Gasteiger partial charge in [0.1, 0.15) is 0 Å². The van der Waals surface area contributed by atoms with Gasteiger partial charge in [-0.3, -0.25) is 4.79 Å². The number of anilines is 1. The zero-order valence-corrected chi connectivity index (χ0v) is 12.9. The van der Waals surface area contributed by atoms with Crippen LogP contribution in [-0.2, 0) is 6.54 Å². The molecule has 0 atom stereocenters. The lowest BCUT2D eigenvalue weighted by atomic mass is 10.2. The van der Waals surface area contributed by atoms with Gasteiger partial charge in [0.25, 0.3) is 5.91 Å². The van der Waals surface area contributed by atoms with E-state index in [9.17, 15) is 4.79 Å². The number of aryl methyl sites for hydroxylation is 2. The molecule has 20 heavy (non-hydrogen) atoms. The fraction of sp³-hybridized carbons (Fsp3) is 0.312. The van der Waals surface area contributed by atoms with Gasteiger partial charge in [-0.05, 0) is 56.7 Å². The fourth-order valence-corrected chi connectivity index (χ4v) is 2.94. The normalized spacial score (nSPS) is 10.3. The zero-order chi connectivity index (χ0) is 14.5. The van der Waals surface area contributed by atoms with E-state index < -0.39 is 0 Å². The van der Waals surface area contributed by atoms with E-state index in [1.165, 1.54) is 15.3 Å². The number of carbonyl (C=O) groups is 1. The number of hydrogen-bond donors (Lipinski definition) is 2. The topological polar surface area (TPSA) is 41.1 Å². The minimum absolute atomic E-state index is 0.0308. The van der Waals surface area contributed by atoms with Gasteiger partial charge >= 0.3 is 0 Å². The second-order valence-electron chi connectivity index (χ2n) is 4.74. The van der Waals surface area contributed by atoms with E-state index in [2.05, 4.69) is 30.5 Å². The predicted molar refractivity (Wildman–Crippen MR) is 85.6 cm³/mol. The summed E-state index contributed by atoms with van der Waals surface area (Å²) in [7, 11) is 0. The van der Waals surface area contributed by atoms with Crippen molar-refractivity contribution < 1.29 is 4.79 Å². The molecule has 0 spiro atoms. The van der Waals surface area contributed by atoms with Gasteiger partial charge in [0, 0.05) is 27.5 Å². The number of rotatable bonds is 5. The Kier molecular flexibility index (Phi) is 4.79. The van der Waals surface area contributed by atoms with Crippen LogP contribution in [0.15, 0.2) is 30.3 Å². The molecular weight excluding hydrogens is 268 g/mol. The van der Waals surface area contributed by atoms with Crippen LogP contribution >= 0.6 is 11.3 Å². The average Bonchev–Trinajstić information content (AvgIpc) is 2.76. The highest BCUT2D eigenvalue weighted by Crippen LogP contribution is 2.20. The molecule has 0 aliphatic heterocycles. The van der Waals surface area contributed by atoms with E-state index in [4.69, 9.17) is 0 Å². The molecule has 0 unspecified atom stereocenters. The quantitative estimate of drug-likeness (QED) is 0.880. The molecule has 1 heterocycles. The van der Waals surface area contributed by atoms with Gasteiger partial charge < -0.3 is 10.6 Å². The number of benzene rings is 1. The molecule has 0 aliphatic carbocycles. The lowest BCUT2D eigenvalue weighted by Gasteiger charge is -2.06. The molecule has 106 valence electrons. The predicted octanol–water partition coefficient (Wildman–Crippen LogP) is 3.73. The Morgan fingerprint density at radius 2 is 1.90 bits per heavy atom. The minimum Gasteiger partial charge on any atom is -0.385 e. The van der Waals surface area contributed by atoms with Crippen LogP contribution in [0.5, 0.6) is 0 Å². The van der Waals surface area contributed by atoms with Crippen molar-refractivity contribution in [2.24, 2.45) is 0 Å². The average molecular weight is 288 g/mol. The van der Waals surface area contributed by atoms with Crippen LogP contribution < -0.4 is 10.6 Å². The third kappa shape index (κ3) is 3.61. The van der Waals surface area contributed by atoms with Gasteiger partial charge in [-0.2, -0.15) is 0 Å². The first kappa shape index (κ1) is 14.6. The van der Waals surface area contributed by atoms with E-state index in [-0.39, 0.29) is 5.91 Å². The van der Waals surface area contributed by atoms with Gasteiger partial charge in [0.2, 0.25) is 0 Å². The maximum atomic E-state index is 12.1. The van der Waals surface area contributed by atoms with Crippen LogP contribution in [0.2, 0.25) is 0 Å². The SMILES string of the molecule is CCNc1ccc(C(=O)NCc2cc(C)c(C)s2)cc1. The van der Waals surface area contributed by atoms with Gasteiger partial charge in [0.05, 0.1) is 6.54 Å². The Labute approximate surface area is 124 Å². The summed E-state index contributed by atoms with van der Waals surface area (Å²) in [6, 6.07) is 9.68. The molecule has 2 N–H and O–H groups in total. The van der Waals surface area contributed by atoms with Gasteiger partial charge in [-0.25, -0.2) is 0 Å². The third-order valence-corrected chi connectivity index (χ3v) is 4.32. The van der Waals surface area contributed by atoms with Crippen molar-refractivity contribution in [1.29, 1.82) is 0 Å². The van der Waals surface area contributed by atoms with Crippen LogP contribution in [0.1, 0.15) is 32.6 Å². The number of carbonyl (C=O) groups excluding carboxylic acids is 1. The Bertz CT molecular complexity index is 568. The number of hydrogen-bond acceptors (Lipinski definition) is 3. The van der Waals surface area contributed by atoms with E-state index in [1.54, 1.807) is 11.3 Å². The minimum atomic E-state index is -0.0308. The molecule has 1 aromatic heterocycles. The van der Waals surface area contributed by atoms with Crippen molar-refractivity contribution in [3.05, 3.63) is 51.2 Å². The smallest absolute Gasteiger partial charge is 0.251 e. The van der Waals surface area contributed by atoms with E-state index >= 15 is 0 Å². The van der Waals surface area contributed by atoms with Gasteiger partial charge in [0.15, 0.2) is 0 Å². The molecule has 0 saturated heterocycles. The molecule has 0 fully saturated rings. The van der Waals surface area contributed by atoms with Crippen molar-refractivity contribution in [2.45, 2.75) is 27.3 Å². The summed E-state index contributed by atoms with van der Waals surface area (Å²) < 4.78 is 0. The summed E-state index contributed by atoms with van der Waals surface area (Å²) in [5.41, 5.74) is 3.01. The molecule has 0 radical (unpaired) electrons. The highest BCUT2D eigenvalue weighted by molar-refractivity contribution is 7.12. The summed E-state index contributed by atoms with van der Waals surface area (Å²) in [5, 5.41) is 6.17. The Hall–Kier alpha value is -1.81. The van der Waals surface area contributed by atoms with E-state index in [0.717, 1.165) is 12.2 Å². The molecule has 2 rings (SSSR count). The Balaban J connectivity index is 1.94.